The van der Waals surface area contributed by atoms with Crippen LogP contribution in [0.4, 0.5) is 11.4 Å². The lowest BCUT2D eigenvalue weighted by molar-refractivity contribution is -0.383. The van der Waals surface area contributed by atoms with Gasteiger partial charge in [0.2, 0.25) is 5.82 Å². The van der Waals surface area contributed by atoms with Gasteiger partial charge in [-0.2, -0.15) is 4.98 Å². The molecule has 0 saturated carbocycles. The molecule has 9 heteroatoms. The van der Waals surface area contributed by atoms with E-state index in [9.17, 15) is 10.1 Å². The lowest BCUT2D eigenvalue weighted by atomic mass is 10.1. The standard InChI is InChI=1S/C18H17N5O4/c24-23(25)16-10-12(6-7-14(16)20-11-13-4-3-9-26-13)17-21-18(27-22-17)15-5-1-2-8-19-15/h1-2,5-8,10,13,20H,3-4,9,11H2/t13-/m0/s1. The Morgan fingerprint density at radius 1 is 1.30 bits per heavy atom. The lowest BCUT2D eigenvalue weighted by Crippen LogP contribution is -2.18. The summed E-state index contributed by atoms with van der Waals surface area (Å²) in [6.45, 7) is 1.27. The van der Waals surface area contributed by atoms with E-state index in [1.165, 1.54) is 6.07 Å². The predicted octanol–water partition coefficient (Wildman–Crippen LogP) is 3.30. The summed E-state index contributed by atoms with van der Waals surface area (Å²) in [4.78, 5) is 19.5. The number of rotatable bonds is 6. The van der Waals surface area contributed by atoms with Crippen molar-refractivity contribution in [3.05, 3.63) is 52.7 Å². The molecule has 0 spiro atoms. The second-order valence-corrected chi connectivity index (χ2v) is 6.14. The smallest absolute Gasteiger partial charge is 0.293 e. The summed E-state index contributed by atoms with van der Waals surface area (Å²) in [5.41, 5.74) is 1.43. The fourth-order valence-electron chi connectivity index (χ4n) is 2.93. The molecule has 1 atom stereocenters. The Balaban J connectivity index is 1.57. The van der Waals surface area contributed by atoms with Crippen LogP contribution >= 0.6 is 0 Å². The monoisotopic (exact) mass is 367 g/mol. The van der Waals surface area contributed by atoms with Crippen LogP contribution in [0.25, 0.3) is 23.0 Å². The maximum Gasteiger partial charge on any atom is 0.293 e. The number of ether oxygens (including phenoxy) is 1. The van der Waals surface area contributed by atoms with Crippen LogP contribution in [0, 0.1) is 10.1 Å². The molecule has 3 aromatic rings. The fraction of sp³-hybridized carbons (Fsp3) is 0.278. The Morgan fingerprint density at radius 3 is 2.96 bits per heavy atom. The molecule has 2 aromatic heterocycles. The maximum absolute atomic E-state index is 11.5. The maximum atomic E-state index is 11.5. The van der Waals surface area contributed by atoms with Crippen molar-refractivity contribution in [3.63, 3.8) is 0 Å². The number of hydrogen-bond acceptors (Lipinski definition) is 8. The third kappa shape index (κ3) is 3.77. The van der Waals surface area contributed by atoms with Gasteiger partial charge < -0.3 is 14.6 Å². The van der Waals surface area contributed by atoms with Crippen LogP contribution in [0.15, 0.2) is 47.1 Å². The van der Waals surface area contributed by atoms with Gasteiger partial charge >= 0.3 is 0 Å². The summed E-state index contributed by atoms with van der Waals surface area (Å²) in [5, 5.41) is 18.5. The van der Waals surface area contributed by atoms with Crippen molar-refractivity contribution in [2.45, 2.75) is 18.9 Å². The Bertz CT molecular complexity index is 938. The molecule has 0 amide bonds. The first-order valence-electron chi connectivity index (χ1n) is 8.60. The number of nitro benzene ring substituents is 1. The van der Waals surface area contributed by atoms with E-state index < -0.39 is 4.92 Å². The van der Waals surface area contributed by atoms with Gasteiger partial charge in [-0.1, -0.05) is 11.2 Å². The average Bonchev–Trinajstić information content (AvgIpc) is 3.39. The lowest BCUT2D eigenvalue weighted by Gasteiger charge is -2.12. The van der Waals surface area contributed by atoms with E-state index in [1.54, 1.807) is 30.5 Å². The van der Waals surface area contributed by atoms with Crippen molar-refractivity contribution in [1.82, 2.24) is 15.1 Å². The van der Waals surface area contributed by atoms with E-state index in [0.717, 1.165) is 19.4 Å². The zero-order chi connectivity index (χ0) is 18.6. The fourth-order valence-corrected chi connectivity index (χ4v) is 2.93. The van der Waals surface area contributed by atoms with Crippen molar-refractivity contribution in [2.75, 3.05) is 18.5 Å². The first-order chi connectivity index (χ1) is 13.2. The van der Waals surface area contributed by atoms with E-state index in [1.807, 2.05) is 6.07 Å². The number of nitrogens with one attached hydrogen (secondary N) is 1. The minimum absolute atomic E-state index is 0.0466. The van der Waals surface area contributed by atoms with Gasteiger partial charge in [0, 0.05) is 31.0 Å². The third-order valence-electron chi connectivity index (χ3n) is 4.31. The van der Waals surface area contributed by atoms with Crippen molar-refractivity contribution in [3.8, 4) is 23.0 Å². The molecular weight excluding hydrogens is 350 g/mol. The number of hydrogen-bond donors (Lipinski definition) is 1. The molecule has 138 valence electrons. The largest absolute Gasteiger partial charge is 0.377 e. The molecule has 0 bridgehead atoms. The SMILES string of the molecule is O=[N+]([O-])c1cc(-c2noc(-c3ccccn3)n2)ccc1NC[C@@H]1CCCO1. The highest BCUT2D eigenvalue weighted by molar-refractivity contribution is 5.70. The molecule has 0 radical (unpaired) electrons. The van der Waals surface area contributed by atoms with E-state index in [-0.39, 0.29) is 23.5 Å². The number of anilines is 1. The average molecular weight is 367 g/mol. The molecule has 1 aliphatic heterocycles. The van der Waals surface area contributed by atoms with Crippen LogP contribution in [-0.4, -0.2) is 39.3 Å². The zero-order valence-corrected chi connectivity index (χ0v) is 14.4. The van der Waals surface area contributed by atoms with Gasteiger partial charge in [0.15, 0.2) is 0 Å². The van der Waals surface area contributed by atoms with Gasteiger partial charge in [-0.15, -0.1) is 0 Å². The molecule has 4 rings (SSSR count). The highest BCUT2D eigenvalue weighted by Gasteiger charge is 2.21. The molecule has 9 nitrogen and oxygen atoms in total. The Morgan fingerprint density at radius 2 is 2.22 bits per heavy atom. The van der Waals surface area contributed by atoms with E-state index >= 15 is 0 Å². The first kappa shape index (κ1) is 17.1. The predicted molar refractivity (Wildman–Crippen MR) is 97.1 cm³/mol. The Labute approximate surface area is 154 Å². The Hall–Kier alpha value is -3.33. The summed E-state index contributed by atoms with van der Waals surface area (Å²) in [5.74, 6) is 0.526. The molecule has 27 heavy (non-hydrogen) atoms. The van der Waals surface area contributed by atoms with Gasteiger partial charge in [-0.25, -0.2) is 0 Å². The Kier molecular flexibility index (Phi) is 4.75. The number of aromatic nitrogens is 3. The summed E-state index contributed by atoms with van der Waals surface area (Å²) in [7, 11) is 0. The molecule has 1 N–H and O–H groups in total. The minimum atomic E-state index is -0.429. The normalized spacial score (nSPS) is 16.4. The molecule has 1 aliphatic rings. The van der Waals surface area contributed by atoms with Gasteiger partial charge in [0.1, 0.15) is 11.4 Å². The van der Waals surface area contributed by atoms with Crippen molar-refractivity contribution < 1.29 is 14.2 Å². The van der Waals surface area contributed by atoms with E-state index in [0.29, 0.717) is 23.5 Å². The van der Waals surface area contributed by atoms with Crippen LogP contribution in [0.1, 0.15) is 12.8 Å². The summed E-state index contributed by atoms with van der Waals surface area (Å²) >= 11 is 0. The minimum Gasteiger partial charge on any atom is -0.377 e. The van der Waals surface area contributed by atoms with Crippen molar-refractivity contribution >= 4 is 11.4 Å². The van der Waals surface area contributed by atoms with Gasteiger partial charge in [-0.3, -0.25) is 15.1 Å². The highest BCUT2D eigenvalue weighted by atomic mass is 16.6. The van der Waals surface area contributed by atoms with Crippen LogP contribution in [0.2, 0.25) is 0 Å². The number of nitrogens with zero attached hydrogens (tertiary/aromatic N) is 4. The van der Waals surface area contributed by atoms with Gasteiger partial charge in [0.25, 0.3) is 11.6 Å². The molecule has 0 unspecified atom stereocenters. The van der Waals surface area contributed by atoms with Gasteiger partial charge in [0.05, 0.1) is 11.0 Å². The van der Waals surface area contributed by atoms with Crippen molar-refractivity contribution in [1.29, 1.82) is 0 Å². The van der Waals surface area contributed by atoms with Crippen LogP contribution in [0.3, 0.4) is 0 Å². The molecule has 1 aromatic carbocycles. The molecular formula is C18H17N5O4. The van der Waals surface area contributed by atoms with Gasteiger partial charge in [-0.05, 0) is 37.1 Å². The quantitative estimate of drug-likeness (QED) is 0.521. The molecule has 1 fully saturated rings. The van der Waals surface area contributed by atoms with E-state index in [2.05, 4.69) is 20.4 Å². The number of pyridine rings is 1. The molecule has 1 saturated heterocycles. The highest BCUT2D eigenvalue weighted by Crippen LogP contribution is 2.30. The van der Waals surface area contributed by atoms with Crippen LogP contribution in [0.5, 0.6) is 0 Å². The second-order valence-electron chi connectivity index (χ2n) is 6.14. The summed E-state index contributed by atoms with van der Waals surface area (Å²) in [6.07, 6.45) is 3.68. The summed E-state index contributed by atoms with van der Waals surface area (Å²) in [6, 6.07) is 10.2. The molecule has 3 heterocycles. The summed E-state index contributed by atoms with van der Waals surface area (Å²) < 4.78 is 10.8. The van der Waals surface area contributed by atoms with Crippen LogP contribution < -0.4 is 5.32 Å². The second kappa shape index (κ2) is 7.50. The first-order valence-corrected chi connectivity index (χ1v) is 8.60. The number of nitro groups is 1. The van der Waals surface area contributed by atoms with Crippen LogP contribution in [-0.2, 0) is 4.74 Å². The van der Waals surface area contributed by atoms with Crippen molar-refractivity contribution in [2.24, 2.45) is 0 Å². The zero-order valence-electron chi connectivity index (χ0n) is 14.4. The number of benzene rings is 1. The molecule has 0 aliphatic carbocycles. The third-order valence-corrected chi connectivity index (χ3v) is 4.31. The topological polar surface area (TPSA) is 116 Å². The van der Waals surface area contributed by atoms with E-state index in [4.69, 9.17) is 9.26 Å².